The lowest BCUT2D eigenvalue weighted by atomic mass is 9.91. The molecule has 0 bridgehead atoms. The van der Waals surface area contributed by atoms with E-state index in [0.717, 1.165) is 41.8 Å². The molecule has 2 aliphatic heterocycles. The summed E-state index contributed by atoms with van der Waals surface area (Å²) < 4.78 is 49.1. The van der Waals surface area contributed by atoms with Crippen molar-refractivity contribution in [1.29, 1.82) is 0 Å². The molecule has 5 rings (SSSR count). The Hall–Kier alpha value is -3.36. The molecule has 1 saturated heterocycles. The summed E-state index contributed by atoms with van der Waals surface area (Å²) in [7, 11) is 0. The van der Waals surface area contributed by atoms with Gasteiger partial charge in [-0.3, -0.25) is 4.79 Å². The standard InChI is InChI=1S/C26H22F3NO4/c27-26(28,29)20-7-9-21(10-8-20)34-22-11-12-23-18(14-22)2-1-13-30(23)24(31)17-3-5-19(6-4-17)25(32)15-33-16-25/h3-12,14,32H,1-2,13,15-16H2. The number of aliphatic hydroxyl groups is 1. The Morgan fingerprint density at radius 1 is 0.971 bits per heavy atom. The van der Waals surface area contributed by atoms with Gasteiger partial charge in [-0.05, 0) is 78.6 Å². The third-order valence-electron chi connectivity index (χ3n) is 6.18. The molecule has 3 aromatic rings. The lowest BCUT2D eigenvalue weighted by Crippen LogP contribution is -2.46. The van der Waals surface area contributed by atoms with Crippen LogP contribution in [0, 0.1) is 0 Å². The maximum atomic E-state index is 13.2. The van der Waals surface area contributed by atoms with Gasteiger partial charge in [0.1, 0.15) is 17.1 Å². The SMILES string of the molecule is O=C(c1ccc(C2(O)COC2)cc1)N1CCCc2cc(Oc3ccc(C(F)(F)F)cc3)ccc21. The van der Waals surface area contributed by atoms with Crippen molar-refractivity contribution in [3.8, 4) is 11.5 Å². The fraction of sp³-hybridized carbons (Fsp3) is 0.269. The number of anilines is 1. The number of hydrogen-bond donors (Lipinski definition) is 1. The van der Waals surface area contributed by atoms with Gasteiger partial charge in [0.05, 0.1) is 18.8 Å². The molecular weight excluding hydrogens is 447 g/mol. The van der Waals surface area contributed by atoms with Crippen LogP contribution in [0.3, 0.4) is 0 Å². The molecule has 5 nitrogen and oxygen atoms in total. The van der Waals surface area contributed by atoms with E-state index >= 15 is 0 Å². The smallest absolute Gasteiger partial charge is 0.416 e. The van der Waals surface area contributed by atoms with Crippen LogP contribution in [0.4, 0.5) is 18.9 Å². The number of rotatable bonds is 4. The molecule has 176 valence electrons. The van der Waals surface area contributed by atoms with Gasteiger partial charge < -0.3 is 19.5 Å². The summed E-state index contributed by atoms with van der Waals surface area (Å²) >= 11 is 0. The van der Waals surface area contributed by atoms with Crippen molar-refractivity contribution < 1.29 is 32.5 Å². The maximum Gasteiger partial charge on any atom is 0.416 e. The predicted molar refractivity (Wildman–Crippen MR) is 119 cm³/mol. The Morgan fingerprint density at radius 2 is 1.65 bits per heavy atom. The lowest BCUT2D eigenvalue weighted by Gasteiger charge is -2.36. The van der Waals surface area contributed by atoms with Crippen LogP contribution in [0.5, 0.6) is 11.5 Å². The van der Waals surface area contributed by atoms with Crippen molar-refractivity contribution in [3.63, 3.8) is 0 Å². The molecule has 8 heteroatoms. The van der Waals surface area contributed by atoms with Crippen molar-refractivity contribution in [3.05, 3.63) is 89.0 Å². The van der Waals surface area contributed by atoms with Crippen LogP contribution < -0.4 is 9.64 Å². The van der Waals surface area contributed by atoms with Gasteiger partial charge in [0.15, 0.2) is 0 Å². The fourth-order valence-corrected chi connectivity index (χ4v) is 4.24. The number of carbonyl (C=O) groups excluding carboxylic acids is 1. The Bertz CT molecular complexity index is 1200. The summed E-state index contributed by atoms with van der Waals surface area (Å²) in [5.41, 5.74) is 1.24. The molecule has 1 fully saturated rings. The van der Waals surface area contributed by atoms with E-state index in [0.29, 0.717) is 23.6 Å². The van der Waals surface area contributed by atoms with E-state index in [-0.39, 0.29) is 19.1 Å². The third kappa shape index (κ3) is 4.26. The summed E-state index contributed by atoms with van der Waals surface area (Å²) in [4.78, 5) is 14.9. The molecule has 2 heterocycles. The number of halogens is 3. The van der Waals surface area contributed by atoms with Crippen LogP contribution in [0.15, 0.2) is 66.7 Å². The average molecular weight is 469 g/mol. The Kier molecular flexibility index (Phi) is 5.58. The highest BCUT2D eigenvalue weighted by Crippen LogP contribution is 2.35. The first-order valence-electron chi connectivity index (χ1n) is 10.9. The van der Waals surface area contributed by atoms with E-state index in [1.165, 1.54) is 12.1 Å². The Labute approximate surface area is 194 Å². The summed E-state index contributed by atoms with van der Waals surface area (Å²) in [5, 5.41) is 10.4. The largest absolute Gasteiger partial charge is 0.457 e. The second kappa shape index (κ2) is 8.45. The van der Waals surface area contributed by atoms with Crippen molar-refractivity contribution in [2.45, 2.75) is 24.6 Å². The number of hydrogen-bond acceptors (Lipinski definition) is 4. The van der Waals surface area contributed by atoms with Crippen LogP contribution in [0.1, 0.15) is 33.5 Å². The Balaban J connectivity index is 1.32. The summed E-state index contributed by atoms with van der Waals surface area (Å²) in [6, 6.07) is 16.8. The van der Waals surface area contributed by atoms with Crippen LogP contribution in [-0.2, 0) is 22.9 Å². The normalized spacial score (nSPS) is 17.0. The first-order valence-corrected chi connectivity index (χ1v) is 10.9. The first-order chi connectivity index (χ1) is 16.2. The molecule has 0 atom stereocenters. The highest BCUT2D eigenvalue weighted by Gasteiger charge is 2.38. The second-order valence-electron chi connectivity index (χ2n) is 8.58. The molecule has 34 heavy (non-hydrogen) atoms. The number of alkyl halides is 3. The third-order valence-corrected chi connectivity index (χ3v) is 6.18. The minimum atomic E-state index is -4.40. The van der Waals surface area contributed by atoms with Gasteiger partial charge in [-0.2, -0.15) is 13.2 Å². The van der Waals surface area contributed by atoms with Crippen molar-refractivity contribution in [2.75, 3.05) is 24.7 Å². The molecule has 0 unspecified atom stereocenters. The number of ether oxygens (including phenoxy) is 2. The molecule has 3 aromatic carbocycles. The monoisotopic (exact) mass is 469 g/mol. The number of benzene rings is 3. The summed E-state index contributed by atoms with van der Waals surface area (Å²) in [6.45, 7) is 1.07. The average Bonchev–Trinajstić information content (AvgIpc) is 2.81. The van der Waals surface area contributed by atoms with Crippen LogP contribution in [0.2, 0.25) is 0 Å². The molecule has 2 aliphatic rings. The van der Waals surface area contributed by atoms with Gasteiger partial charge in [0.25, 0.3) is 5.91 Å². The molecule has 1 amide bonds. The van der Waals surface area contributed by atoms with Gasteiger partial charge >= 0.3 is 6.18 Å². The molecule has 0 radical (unpaired) electrons. The predicted octanol–water partition coefficient (Wildman–Crippen LogP) is 5.31. The van der Waals surface area contributed by atoms with Crippen LogP contribution in [-0.4, -0.2) is 30.8 Å². The van der Waals surface area contributed by atoms with Gasteiger partial charge in [-0.15, -0.1) is 0 Å². The van der Waals surface area contributed by atoms with E-state index in [2.05, 4.69) is 0 Å². The molecule has 1 N–H and O–H groups in total. The van der Waals surface area contributed by atoms with E-state index in [1.54, 1.807) is 41.3 Å². The minimum absolute atomic E-state index is 0.138. The molecule has 0 spiro atoms. The number of fused-ring (bicyclic) bond motifs is 1. The topological polar surface area (TPSA) is 59.0 Å². The molecular formula is C26H22F3NO4. The zero-order chi connectivity index (χ0) is 23.9. The van der Waals surface area contributed by atoms with Crippen molar-refractivity contribution in [1.82, 2.24) is 0 Å². The zero-order valence-electron chi connectivity index (χ0n) is 18.1. The minimum Gasteiger partial charge on any atom is -0.457 e. The molecule has 0 aromatic heterocycles. The lowest BCUT2D eigenvalue weighted by molar-refractivity contribution is -0.184. The van der Waals surface area contributed by atoms with E-state index in [1.807, 2.05) is 6.07 Å². The van der Waals surface area contributed by atoms with E-state index in [4.69, 9.17) is 9.47 Å². The number of carbonyl (C=O) groups is 1. The van der Waals surface area contributed by atoms with Gasteiger partial charge in [-0.25, -0.2) is 0 Å². The van der Waals surface area contributed by atoms with Gasteiger partial charge in [0, 0.05) is 17.8 Å². The highest BCUT2D eigenvalue weighted by molar-refractivity contribution is 6.06. The van der Waals surface area contributed by atoms with Crippen molar-refractivity contribution >= 4 is 11.6 Å². The summed E-state index contributed by atoms with van der Waals surface area (Å²) in [5.74, 6) is 0.657. The molecule has 0 saturated carbocycles. The number of nitrogens with zero attached hydrogens (tertiary/aromatic N) is 1. The maximum absolute atomic E-state index is 13.2. The second-order valence-corrected chi connectivity index (χ2v) is 8.58. The number of amides is 1. The van der Waals surface area contributed by atoms with E-state index < -0.39 is 17.3 Å². The van der Waals surface area contributed by atoms with Gasteiger partial charge in [0.2, 0.25) is 0 Å². The van der Waals surface area contributed by atoms with Gasteiger partial charge in [-0.1, -0.05) is 12.1 Å². The zero-order valence-corrected chi connectivity index (χ0v) is 18.1. The van der Waals surface area contributed by atoms with E-state index in [9.17, 15) is 23.1 Å². The summed E-state index contributed by atoms with van der Waals surface area (Å²) in [6.07, 6.45) is -2.86. The van der Waals surface area contributed by atoms with Crippen molar-refractivity contribution in [2.24, 2.45) is 0 Å². The molecule has 0 aliphatic carbocycles. The van der Waals surface area contributed by atoms with Crippen LogP contribution in [0.25, 0.3) is 0 Å². The highest BCUT2D eigenvalue weighted by atomic mass is 19.4. The Morgan fingerprint density at radius 3 is 2.26 bits per heavy atom. The van der Waals surface area contributed by atoms with Crippen LogP contribution >= 0.6 is 0 Å². The number of aryl methyl sites for hydroxylation is 1. The quantitative estimate of drug-likeness (QED) is 0.563. The fourth-order valence-electron chi connectivity index (χ4n) is 4.24. The first kappa shape index (κ1) is 22.4.